The number of rotatable bonds is 4. The van der Waals surface area contributed by atoms with Gasteiger partial charge in [0.25, 0.3) is 5.91 Å². The van der Waals surface area contributed by atoms with Crippen LogP contribution in [0.25, 0.3) is 0 Å². The molecule has 1 aromatic heterocycles. The molecule has 0 N–H and O–H groups in total. The Morgan fingerprint density at radius 3 is 2.41 bits per heavy atom. The van der Waals surface area contributed by atoms with E-state index in [-0.39, 0.29) is 17.4 Å². The van der Waals surface area contributed by atoms with Gasteiger partial charge >= 0.3 is 5.76 Å². The van der Waals surface area contributed by atoms with E-state index in [1.54, 1.807) is 11.1 Å². The van der Waals surface area contributed by atoms with Gasteiger partial charge in [0.15, 0.2) is 0 Å². The fraction of sp³-hybridized carbons (Fsp3) is 0.421. The molecule has 4 rings (SSSR count). The molecule has 7 nitrogen and oxygen atoms in total. The number of hydrogen-bond donors (Lipinski definition) is 0. The summed E-state index contributed by atoms with van der Waals surface area (Å²) < 4.78 is 50.0. The normalized spacial score (nSPS) is 21.7. The molecule has 0 bridgehead atoms. The first-order valence-electron chi connectivity index (χ1n) is 9.21. The largest absolute Gasteiger partial charge is 0.356 e. The van der Waals surface area contributed by atoms with Gasteiger partial charge in [-0.3, -0.25) is 4.79 Å². The highest BCUT2D eigenvalue weighted by atomic mass is 32.2. The van der Waals surface area contributed by atoms with E-state index < -0.39 is 26.4 Å². The van der Waals surface area contributed by atoms with Crippen molar-refractivity contribution in [2.45, 2.75) is 17.6 Å². The third-order valence-corrected chi connectivity index (χ3v) is 7.04. The van der Waals surface area contributed by atoms with Gasteiger partial charge in [-0.25, -0.2) is 18.4 Å². The molecule has 10 heteroatoms. The molecule has 0 spiro atoms. The fourth-order valence-electron chi connectivity index (χ4n) is 4.21. The van der Waals surface area contributed by atoms with Crippen LogP contribution in [0, 0.1) is 18.8 Å². The second-order valence-corrected chi connectivity index (χ2v) is 9.35. The van der Waals surface area contributed by atoms with Crippen LogP contribution in [-0.2, 0) is 9.84 Å². The van der Waals surface area contributed by atoms with Crippen molar-refractivity contribution in [3.8, 4) is 0 Å². The van der Waals surface area contributed by atoms with Crippen LogP contribution in [0.5, 0.6) is 0 Å². The smallest absolute Gasteiger partial charge is 0.341 e. The first-order chi connectivity index (χ1) is 13.8. The fourth-order valence-corrected chi connectivity index (χ4v) is 5.14. The molecule has 154 valence electrons. The zero-order valence-electron chi connectivity index (χ0n) is 15.7. The summed E-state index contributed by atoms with van der Waals surface area (Å²) >= 11 is 0. The van der Waals surface area contributed by atoms with Gasteiger partial charge in [-0.2, -0.15) is 8.78 Å². The summed E-state index contributed by atoms with van der Waals surface area (Å²) in [6.07, 6.45) is 3.26. The summed E-state index contributed by atoms with van der Waals surface area (Å²) in [6.45, 7) is 4.30. The number of fused-ring (bicyclic) bond motifs is 1. The molecule has 2 atom stereocenters. The third kappa shape index (κ3) is 3.45. The van der Waals surface area contributed by atoms with E-state index in [0.717, 1.165) is 30.5 Å². The zero-order chi connectivity index (χ0) is 20.8. The average molecular weight is 422 g/mol. The van der Waals surface area contributed by atoms with Gasteiger partial charge < -0.3 is 9.80 Å². The summed E-state index contributed by atoms with van der Waals surface area (Å²) in [5, 5.41) is 0. The van der Waals surface area contributed by atoms with Crippen molar-refractivity contribution in [1.82, 2.24) is 14.9 Å². The molecule has 0 aliphatic carbocycles. The molecule has 2 saturated heterocycles. The maximum Gasteiger partial charge on any atom is 0.341 e. The number of sulfone groups is 1. The van der Waals surface area contributed by atoms with Crippen molar-refractivity contribution in [2.24, 2.45) is 11.8 Å². The number of halogens is 2. The highest BCUT2D eigenvalue weighted by Gasteiger charge is 2.43. The highest BCUT2D eigenvalue weighted by Crippen LogP contribution is 2.35. The van der Waals surface area contributed by atoms with Crippen molar-refractivity contribution in [2.75, 3.05) is 31.1 Å². The number of benzene rings is 1. The lowest BCUT2D eigenvalue weighted by molar-refractivity contribution is 0.0778. The van der Waals surface area contributed by atoms with Gasteiger partial charge in [-0.15, -0.1) is 0 Å². The van der Waals surface area contributed by atoms with Crippen LogP contribution in [0.15, 0.2) is 41.7 Å². The number of anilines is 1. The van der Waals surface area contributed by atoms with Crippen LogP contribution in [-0.4, -0.2) is 61.1 Å². The summed E-state index contributed by atoms with van der Waals surface area (Å²) in [5.41, 5.74) is 0.780. The van der Waals surface area contributed by atoms with Crippen LogP contribution < -0.4 is 4.90 Å². The monoisotopic (exact) mass is 422 g/mol. The molecule has 1 amide bonds. The second-order valence-electron chi connectivity index (χ2n) is 7.47. The highest BCUT2D eigenvalue weighted by molar-refractivity contribution is 7.91. The van der Waals surface area contributed by atoms with Crippen LogP contribution in [0.4, 0.5) is 14.6 Å². The van der Waals surface area contributed by atoms with E-state index in [4.69, 9.17) is 0 Å². The Labute approximate surface area is 167 Å². The van der Waals surface area contributed by atoms with E-state index in [0.29, 0.717) is 13.1 Å². The van der Waals surface area contributed by atoms with Gasteiger partial charge in [-0.1, -0.05) is 12.1 Å². The van der Waals surface area contributed by atoms with E-state index in [1.165, 1.54) is 24.5 Å². The number of alkyl halides is 2. The molecular weight excluding hydrogens is 402 g/mol. The number of carbonyl (C=O) groups excluding carboxylic acids is 1. The Kier molecular flexibility index (Phi) is 4.97. The van der Waals surface area contributed by atoms with Crippen LogP contribution >= 0.6 is 0 Å². The van der Waals surface area contributed by atoms with Gasteiger partial charge in [0.2, 0.25) is 9.84 Å². The third-order valence-electron chi connectivity index (χ3n) is 5.60. The minimum absolute atomic E-state index is 0.198. The van der Waals surface area contributed by atoms with Gasteiger partial charge in [0.05, 0.1) is 10.5 Å². The number of amides is 1. The summed E-state index contributed by atoms with van der Waals surface area (Å²) in [6, 6.07) is 5.18. The molecule has 2 fully saturated rings. The molecule has 2 aromatic rings. The molecule has 3 heterocycles. The quantitative estimate of drug-likeness (QED) is 0.749. The van der Waals surface area contributed by atoms with Gasteiger partial charge in [0, 0.05) is 49.8 Å². The Morgan fingerprint density at radius 2 is 1.79 bits per heavy atom. The minimum Gasteiger partial charge on any atom is -0.356 e. The molecule has 2 aliphatic rings. The van der Waals surface area contributed by atoms with Crippen molar-refractivity contribution >= 4 is 21.6 Å². The van der Waals surface area contributed by atoms with E-state index >= 15 is 0 Å². The first-order valence-corrected chi connectivity index (χ1v) is 10.8. The maximum absolute atomic E-state index is 13.0. The second kappa shape index (κ2) is 7.33. The minimum atomic E-state index is -4.85. The Hall–Kier alpha value is -2.62. The lowest BCUT2D eigenvalue weighted by Gasteiger charge is -2.24. The standard InChI is InChI=1S/C19H20F2N4O3S/c1-12-6-22-11-23-17(12)24-7-13-9-25(10-14(13)8-24)18(26)15-4-2-3-5-16(15)29(27,28)19(20)21/h2-6,11,13-14,19H,7-10H2,1H3. The Bertz CT molecular complexity index is 1030. The maximum atomic E-state index is 13.0. The lowest BCUT2D eigenvalue weighted by atomic mass is 10.0. The molecule has 2 aliphatic heterocycles. The van der Waals surface area contributed by atoms with Gasteiger partial charge in [0.1, 0.15) is 12.1 Å². The molecule has 1 aromatic carbocycles. The van der Waals surface area contributed by atoms with Crippen molar-refractivity contribution in [3.05, 3.63) is 47.9 Å². The molecule has 2 unspecified atom stereocenters. The molecule has 29 heavy (non-hydrogen) atoms. The van der Waals surface area contributed by atoms with E-state index in [2.05, 4.69) is 14.9 Å². The van der Waals surface area contributed by atoms with Crippen molar-refractivity contribution in [3.63, 3.8) is 0 Å². The lowest BCUT2D eigenvalue weighted by Crippen LogP contribution is -2.34. The number of carbonyl (C=O) groups is 1. The number of aromatic nitrogens is 2. The van der Waals surface area contributed by atoms with Crippen molar-refractivity contribution < 1.29 is 22.0 Å². The van der Waals surface area contributed by atoms with Crippen molar-refractivity contribution in [1.29, 1.82) is 0 Å². The Balaban J connectivity index is 1.51. The summed E-state index contributed by atoms with van der Waals surface area (Å²) in [4.78, 5) is 24.4. The zero-order valence-corrected chi connectivity index (χ0v) is 16.5. The number of nitrogens with zero attached hydrogens (tertiary/aromatic N) is 4. The van der Waals surface area contributed by atoms with Gasteiger partial charge in [-0.05, 0) is 19.1 Å². The molecular formula is C19H20F2N4O3S. The topological polar surface area (TPSA) is 83.5 Å². The molecule has 0 saturated carbocycles. The van der Waals surface area contributed by atoms with Crippen LogP contribution in [0.3, 0.4) is 0 Å². The van der Waals surface area contributed by atoms with E-state index in [9.17, 15) is 22.0 Å². The number of aryl methyl sites for hydroxylation is 1. The average Bonchev–Trinajstić information content (AvgIpc) is 3.27. The predicted octanol–water partition coefficient (Wildman–Crippen LogP) is 1.99. The SMILES string of the molecule is Cc1cncnc1N1CC2CN(C(=O)c3ccccc3S(=O)(=O)C(F)F)CC2C1. The summed E-state index contributed by atoms with van der Waals surface area (Å²) in [7, 11) is -4.85. The summed E-state index contributed by atoms with van der Waals surface area (Å²) in [5.74, 6) is -2.79. The first kappa shape index (κ1) is 19.7. The number of likely N-dealkylation sites (tertiary alicyclic amines) is 1. The predicted molar refractivity (Wildman–Crippen MR) is 101 cm³/mol. The Morgan fingerprint density at radius 1 is 1.14 bits per heavy atom. The number of hydrogen-bond acceptors (Lipinski definition) is 6. The van der Waals surface area contributed by atoms with Crippen LogP contribution in [0.2, 0.25) is 0 Å². The molecule has 0 radical (unpaired) electrons. The van der Waals surface area contributed by atoms with Crippen LogP contribution in [0.1, 0.15) is 15.9 Å². The van der Waals surface area contributed by atoms with E-state index in [1.807, 2.05) is 6.92 Å².